The molecule has 0 radical (unpaired) electrons. The predicted octanol–water partition coefficient (Wildman–Crippen LogP) is 2.32. The SMILES string of the molecule is CN(C(=O)OC(C)(C)C)C1C[C@H](C(=O)O)N(C(=O)OC(C)(C)C)C1. The van der Waals surface area contributed by atoms with Crippen LogP contribution >= 0.6 is 0 Å². The van der Waals surface area contributed by atoms with Crippen LogP contribution in [0.15, 0.2) is 0 Å². The normalized spacial score (nSPS) is 21.4. The molecule has 24 heavy (non-hydrogen) atoms. The Balaban J connectivity index is 2.85. The van der Waals surface area contributed by atoms with Crippen molar-refractivity contribution in [2.45, 2.75) is 71.2 Å². The molecular weight excluding hydrogens is 316 g/mol. The molecule has 0 aromatic rings. The van der Waals surface area contributed by atoms with Gasteiger partial charge in [0.25, 0.3) is 0 Å². The summed E-state index contributed by atoms with van der Waals surface area (Å²) >= 11 is 0. The average molecular weight is 344 g/mol. The predicted molar refractivity (Wildman–Crippen MR) is 86.8 cm³/mol. The molecule has 2 atom stereocenters. The Morgan fingerprint density at radius 3 is 1.96 bits per heavy atom. The molecule has 1 heterocycles. The highest BCUT2D eigenvalue weighted by Crippen LogP contribution is 2.25. The number of nitrogens with zero attached hydrogens (tertiary/aromatic N) is 2. The molecular formula is C16H28N2O6. The van der Waals surface area contributed by atoms with Crippen LogP contribution in [-0.4, -0.2) is 69.9 Å². The van der Waals surface area contributed by atoms with Gasteiger partial charge in [-0.15, -0.1) is 0 Å². The fourth-order valence-corrected chi connectivity index (χ4v) is 2.33. The second-order valence-electron chi connectivity index (χ2n) is 7.97. The van der Waals surface area contributed by atoms with Gasteiger partial charge in [0.2, 0.25) is 0 Å². The number of carbonyl (C=O) groups is 3. The first-order valence-corrected chi connectivity index (χ1v) is 7.89. The van der Waals surface area contributed by atoms with Gasteiger partial charge in [-0.05, 0) is 41.5 Å². The van der Waals surface area contributed by atoms with E-state index in [-0.39, 0.29) is 13.0 Å². The Hall–Kier alpha value is -1.99. The lowest BCUT2D eigenvalue weighted by atomic mass is 10.1. The Labute approximate surface area is 142 Å². The lowest BCUT2D eigenvalue weighted by Crippen LogP contribution is -2.45. The molecule has 1 N–H and O–H groups in total. The molecule has 1 unspecified atom stereocenters. The number of likely N-dealkylation sites (tertiary alicyclic amines) is 1. The summed E-state index contributed by atoms with van der Waals surface area (Å²) in [6.07, 6.45) is -1.12. The molecule has 0 saturated carbocycles. The van der Waals surface area contributed by atoms with E-state index in [0.29, 0.717) is 0 Å². The average Bonchev–Trinajstić information content (AvgIpc) is 2.78. The number of carboxylic acid groups (broad SMARTS) is 1. The van der Waals surface area contributed by atoms with E-state index >= 15 is 0 Å². The molecule has 1 aliphatic heterocycles. The number of rotatable bonds is 2. The van der Waals surface area contributed by atoms with Gasteiger partial charge in [0, 0.05) is 20.0 Å². The Morgan fingerprint density at radius 2 is 1.54 bits per heavy atom. The highest BCUT2D eigenvalue weighted by Gasteiger charge is 2.44. The van der Waals surface area contributed by atoms with Crippen LogP contribution in [0.1, 0.15) is 48.0 Å². The van der Waals surface area contributed by atoms with Crippen molar-refractivity contribution >= 4 is 18.2 Å². The van der Waals surface area contributed by atoms with Crippen LogP contribution in [0.5, 0.6) is 0 Å². The van der Waals surface area contributed by atoms with Crippen molar-refractivity contribution in [1.82, 2.24) is 9.80 Å². The monoisotopic (exact) mass is 344 g/mol. The molecule has 0 aromatic carbocycles. The number of carboxylic acids is 1. The number of aliphatic carboxylic acids is 1. The summed E-state index contributed by atoms with van der Waals surface area (Å²) in [5.41, 5.74) is -1.38. The van der Waals surface area contributed by atoms with E-state index in [0.717, 1.165) is 4.90 Å². The van der Waals surface area contributed by atoms with Crippen LogP contribution in [0.25, 0.3) is 0 Å². The van der Waals surface area contributed by atoms with Crippen molar-refractivity contribution in [2.24, 2.45) is 0 Å². The van der Waals surface area contributed by atoms with Gasteiger partial charge in [-0.1, -0.05) is 0 Å². The zero-order chi connectivity index (χ0) is 18.9. The van der Waals surface area contributed by atoms with E-state index in [9.17, 15) is 19.5 Å². The van der Waals surface area contributed by atoms with Crippen molar-refractivity contribution in [1.29, 1.82) is 0 Å². The van der Waals surface area contributed by atoms with Crippen LogP contribution in [0.3, 0.4) is 0 Å². The summed E-state index contributed by atoms with van der Waals surface area (Å²) in [7, 11) is 1.54. The number of hydrogen-bond donors (Lipinski definition) is 1. The van der Waals surface area contributed by atoms with E-state index in [1.807, 2.05) is 0 Å². The summed E-state index contributed by atoms with van der Waals surface area (Å²) in [6.45, 7) is 10.5. The maximum absolute atomic E-state index is 12.2. The number of carbonyl (C=O) groups excluding carboxylic acids is 2. The van der Waals surface area contributed by atoms with Crippen LogP contribution in [0, 0.1) is 0 Å². The number of amides is 2. The second-order valence-corrected chi connectivity index (χ2v) is 7.97. The minimum atomic E-state index is -1.12. The van der Waals surface area contributed by atoms with Crippen molar-refractivity contribution in [3.8, 4) is 0 Å². The summed E-state index contributed by atoms with van der Waals surface area (Å²) in [4.78, 5) is 38.4. The summed E-state index contributed by atoms with van der Waals surface area (Å²) < 4.78 is 10.5. The third-order valence-electron chi connectivity index (χ3n) is 3.42. The number of ether oxygens (including phenoxy) is 2. The molecule has 8 heteroatoms. The van der Waals surface area contributed by atoms with Crippen molar-refractivity contribution in [2.75, 3.05) is 13.6 Å². The van der Waals surface area contributed by atoms with Crippen LogP contribution in [-0.2, 0) is 14.3 Å². The molecule has 1 saturated heterocycles. The molecule has 1 aliphatic rings. The molecule has 8 nitrogen and oxygen atoms in total. The number of hydrogen-bond acceptors (Lipinski definition) is 5. The van der Waals surface area contributed by atoms with E-state index in [1.54, 1.807) is 41.5 Å². The molecule has 0 aromatic heterocycles. The highest BCUT2D eigenvalue weighted by atomic mass is 16.6. The van der Waals surface area contributed by atoms with Gasteiger partial charge in [-0.25, -0.2) is 14.4 Å². The molecule has 138 valence electrons. The minimum Gasteiger partial charge on any atom is -0.480 e. The zero-order valence-electron chi connectivity index (χ0n) is 15.5. The van der Waals surface area contributed by atoms with Gasteiger partial charge in [0.15, 0.2) is 0 Å². The third-order valence-corrected chi connectivity index (χ3v) is 3.42. The summed E-state index contributed by atoms with van der Waals surface area (Å²) in [6, 6.07) is -1.48. The highest BCUT2D eigenvalue weighted by molar-refractivity contribution is 5.81. The van der Waals surface area contributed by atoms with Crippen molar-refractivity contribution in [3.63, 3.8) is 0 Å². The number of likely N-dealkylation sites (N-methyl/N-ethyl adjacent to an activating group) is 1. The molecule has 0 spiro atoms. The van der Waals surface area contributed by atoms with E-state index < -0.39 is 41.4 Å². The van der Waals surface area contributed by atoms with E-state index in [4.69, 9.17) is 9.47 Å². The van der Waals surface area contributed by atoms with E-state index in [1.165, 1.54) is 11.9 Å². The van der Waals surface area contributed by atoms with Crippen LogP contribution in [0.4, 0.5) is 9.59 Å². The van der Waals surface area contributed by atoms with Crippen molar-refractivity contribution < 1.29 is 29.0 Å². The van der Waals surface area contributed by atoms with E-state index in [2.05, 4.69) is 0 Å². The Bertz CT molecular complexity index is 506. The Kier molecular flexibility index (Phi) is 5.74. The third kappa shape index (κ3) is 5.58. The molecule has 1 fully saturated rings. The zero-order valence-corrected chi connectivity index (χ0v) is 15.5. The largest absolute Gasteiger partial charge is 0.480 e. The first kappa shape index (κ1) is 20.1. The van der Waals surface area contributed by atoms with Crippen LogP contribution in [0.2, 0.25) is 0 Å². The molecule has 2 amide bonds. The van der Waals surface area contributed by atoms with Gasteiger partial charge in [-0.3, -0.25) is 4.90 Å². The summed E-state index contributed by atoms with van der Waals surface area (Å²) in [5.74, 6) is -1.12. The molecule has 0 bridgehead atoms. The van der Waals surface area contributed by atoms with Crippen LogP contribution < -0.4 is 0 Å². The minimum absolute atomic E-state index is 0.0849. The first-order valence-electron chi connectivity index (χ1n) is 7.89. The first-order chi connectivity index (χ1) is 10.7. The van der Waals surface area contributed by atoms with Gasteiger partial charge in [0.1, 0.15) is 17.2 Å². The second kappa shape index (κ2) is 6.86. The van der Waals surface area contributed by atoms with Gasteiger partial charge < -0.3 is 19.5 Å². The molecule has 0 aliphatic carbocycles. The van der Waals surface area contributed by atoms with Gasteiger partial charge >= 0.3 is 18.2 Å². The maximum Gasteiger partial charge on any atom is 0.411 e. The lowest BCUT2D eigenvalue weighted by Gasteiger charge is -2.29. The lowest BCUT2D eigenvalue weighted by molar-refractivity contribution is -0.142. The standard InChI is InChI=1S/C16H28N2O6/c1-15(2,3)23-13(21)17(7)10-8-11(12(19)20)18(9-10)14(22)24-16(4,5)6/h10-11H,8-9H2,1-7H3,(H,19,20)/t10?,11-/m1/s1. The fraction of sp³-hybridized carbons (Fsp3) is 0.812. The fourth-order valence-electron chi connectivity index (χ4n) is 2.33. The quantitative estimate of drug-likeness (QED) is 0.826. The smallest absolute Gasteiger partial charge is 0.411 e. The van der Waals surface area contributed by atoms with Gasteiger partial charge in [-0.2, -0.15) is 0 Å². The summed E-state index contributed by atoms with van der Waals surface area (Å²) in [5, 5.41) is 9.37. The topological polar surface area (TPSA) is 96.4 Å². The molecule has 1 rings (SSSR count). The Morgan fingerprint density at radius 1 is 1.04 bits per heavy atom. The maximum atomic E-state index is 12.2. The van der Waals surface area contributed by atoms with Crippen molar-refractivity contribution in [3.05, 3.63) is 0 Å². The van der Waals surface area contributed by atoms with Gasteiger partial charge in [0.05, 0.1) is 6.04 Å².